The molecule has 6 heteroatoms. The molecule has 1 unspecified atom stereocenters. The number of hydrogen-bond donors (Lipinski definition) is 0. The van der Waals surface area contributed by atoms with Crippen molar-refractivity contribution in [2.45, 2.75) is 18.9 Å². The number of hydrogen-bond acceptors (Lipinski definition) is 4. The second kappa shape index (κ2) is 4.10. The molecule has 2 aromatic heterocycles. The summed E-state index contributed by atoms with van der Waals surface area (Å²) >= 11 is 8.26. The highest BCUT2D eigenvalue weighted by molar-refractivity contribution is 7.99. The minimum Gasteiger partial charge on any atom is -0.312 e. The van der Waals surface area contributed by atoms with Crippen LogP contribution in [0.4, 0.5) is 0 Å². The fourth-order valence-electron chi connectivity index (χ4n) is 4.80. The van der Waals surface area contributed by atoms with Crippen LogP contribution in [0.1, 0.15) is 18.9 Å². The molecule has 20 heavy (non-hydrogen) atoms. The molecule has 104 valence electrons. The van der Waals surface area contributed by atoms with Gasteiger partial charge in [0.15, 0.2) is 10.8 Å². The van der Waals surface area contributed by atoms with E-state index in [1.165, 1.54) is 24.3 Å². The Bertz CT molecular complexity index is 687. The minimum absolute atomic E-state index is 0.464. The summed E-state index contributed by atoms with van der Waals surface area (Å²) in [5.74, 6) is 6.36. The van der Waals surface area contributed by atoms with Crippen LogP contribution in [0.5, 0.6) is 0 Å². The Labute approximate surface area is 126 Å². The lowest BCUT2D eigenvalue weighted by molar-refractivity contribution is 0.210. The van der Waals surface area contributed by atoms with E-state index in [2.05, 4.69) is 31.3 Å². The summed E-state index contributed by atoms with van der Waals surface area (Å²) in [6, 6.07) is 0.566. The summed E-state index contributed by atoms with van der Waals surface area (Å²) in [6.45, 7) is 0. The summed E-state index contributed by atoms with van der Waals surface area (Å²) in [5, 5.41) is 0.464. The van der Waals surface area contributed by atoms with E-state index in [0.29, 0.717) is 11.2 Å². The Balaban J connectivity index is 1.59. The first-order valence-electron chi connectivity index (χ1n) is 7.23. The van der Waals surface area contributed by atoms with Crippen LogP contribution < -0.4 is 0 Å². The van der Waals surface area contributed by atoms with Gasteiger partial charge >= 0.3 is 0 Å². The van der Waals surface area contributed by atoms with Crippen LogP contribution in [0.2, 0.25) is 5.15 Å². The quantitative estimate of drug-likeness (QED) is 0.760. The zero-order chi connectivity index (χ0) is 13.3. The molecule has 3 fully saturated rings. The van der Waals surface area contributed by atoms with Crippen LogP contribution in [-0.2, 0) is 0 Å². The molecule has 5 rings (SSSR count). The molecule has 0 aromatic carbocycles. The van der Waals surface area contributed by atoms with E-state index in [1.54, 1.807) is 6.33 Å². The first-order chi connectivity index (χ1) is 9.83. The van der Waals surface area contributed by atoms with Crippen LogP contribution in [-0.4, -0.2) is 31.0 Å². The third-order valence-electron chi connectivity index (χ3n) is 5.61. The normalized spacial score (nSPS) is 38.8. The maximum Gasteiger partial charge on any atom is 0.165 e. The number of rotatable bonds is 1. The molecule has 2 aromatic rings. The average molecular weight is 307 g/mol. The molecule has 3 aliphatic rings. The summed E-state index contributed by atoms with van der Waals surface area (Å²) in [6.07, 6.45) is 6.16. The Hall–Kier alpha value is -0.810. The highest BCUT2D eigenvalue weighted by Crippen LogP contribution is 2.61. The Morgan fingerprint density at radius 3 is 2.95 bits per heavy atom. The molecule has 2 bridgehead atoms. The van der Waals surface area contributed by atoms with Crippen LogP contribution in [0.25, 0.3) is 11.2 Å². The van der Waals surface area contributed by atoms with E-state index in [4.69, 9.17) is 11.6 Å². The molecule has 1 saturated heterocycles. The molecule has 2 aliphatic carbocycles. The number of fused-ring (bicyclic) bond motifs is 6. The van der Waals surface area contributed by atoms with Gasteiger partial charge in [-0.3, -0.25) is 0 Å². The second-order valence-corrected chi connectivity index (χ2v) is 7.75. The fourth-order valence-corrected chi connectivity index (χ4v) is 6.67. The van der Waals surface area contributed by atoms with Crippen molar-refractivity contribution < 1.29 is 0 Å². The molecule has 4 nitrogen and oxygen atoms in total. The number of aromatic nitrogens is 4. The molecule has 0 N–H and O–H groups in total. The van der Waals surface area contributed by atoms with Crippen molar-refractivity contribution in [3.8, 4) is 0 Å². The van der Waals surface area contributed by atoms with Gasteiger partial charge in [0.2, 0.25) is 0 Å². The van der Waals surface area contributed by atoms with E-state index in [9.17, 15) is 0 Å². The molecule has 2 saturated carbocycles. The van der Waals surface area contributed by atoms with E-state index in [0.717, 1.165) is 34.8 Å². The Morgan fingerprint density at radius 2 is 2.00 bits per heavy atom. The van der Waals surface area contributed by atoms with Crippen LogP contribution >= 0.6 is 23.4 Å². The summed E-state index contributed by atoms with van der Waals surface area (Å²) in [7, 11) is 0. The summed E-state index contributed by atoms with van der Waals surface area (Å²) in [5.41, 5.74) is 1.65. The molecular weight excluding hydrogens is 292 g/mol. The van der Waals surface area contributed by atoms with Crippen molar-refractivity contribution in [1.82, 2.24) is 19.5 Å². The van der Waals surface area contributed by atoms with Crippen LogP contribution in [0.15, 0.2) is 12.7 Å². The average Bonchev–Trinajstić information content (AvgIpc) is 3.19. The van der Waals surface area contributed by atoms with Gasteiger partial charge in [0.1, 0.15) is 11.8 Å². The number of imidazole rings is 1. The lowest BCUT2D eigenvalue weighted by atomic mass is 9.79. The van der Waals surface area contributed by atoms with E-state index in [1.807, 2.05) is 6.33 Å². The van der Waals surface area contributed by atoms with Crippen molar-refractivity contribution in [1.29, 1.82) is 0 Å². The van der Waals surface area contributed by atoms with Crippen molar-refractivity contribution in [2.75, 3.05) is 11.5 Å². The molecular formula is C14H15ClN4S. The van der Waals surface area contributed by atoms with Gasteiger partial charge in [-0.25, -0.2) is 15.0 Å². The molecule has 5 atom stereocenters. The topological polar surface area (TPSA) is 43.6 Å². The zero-order valence-electron chi connectivity index (χ0n) is 10.9. The van der Waals surface area contributed by atoms with Crippen molar-refractivity contribution in [3.63, 3.8) is 0 Å². The highest BCUT2D eigenvalue weighted by atomic mass is 35.5. The number of nitrogens with zero attached hydrogens (tertiary/aromatic N) is 4. The second-order valence-electron chi connectivity index (χ2n) is 6.32. The first-order valence-corrected chi connectivity index (χ1v) is 8.77. The van der Waals surface area contributed by atoms with Gasteiger partial charge in [0.05, 0.1) is 6.33 Å². The molecule has 0 amide bonds. The van der Waals surface area contributed by atoms with Gasteiger partial charge in [-0.15, -0.1) is 0 Å². The molecule has 3 heterocycles. The van der Waals surface area contributed by atoms with Crippen molar-refractivity contribution in [3.05, 3.63) is 17.8 Å². The van der Waals surface area contributed by atoms with Gasteiger partial charge in [0, 0.05) is 6.04 Å². The van der Waals surface area contributed by atoms with Crippen LogP contribution in [0, 0.1) is 23.7 Å². The minimum atomic E-state index is 0.464. The standard InChI is InChI=1S/C14H15ClN4S/c15-13-12-14(17-5-16-13)19(6-18-12)11-2-7-1-8(11)10-4-20-3-9(7)10/h5-11H,1-4H2/t7-,8-,9+,10-,11?/m1/s1. The molecule has 0 radical (unpaired) electrons. The van der Waals surface area contributed by atoms with Crippen LogP contribution in [0.3, 0.4) is 0 Å². The SMILES string of the molecule is Clc1ncnc2c1ncn2C1C[C@H]2C[C@@H]1[C@H]1CSC[C@@H]21. The summed E-state index contributed by atoms with van der Waals surface area (Å²) < 4.78 is 2.27. The van der Waals surface area contributed by atoms with Gasteiger partial charge in [0.25, 0.3) is 0 Å². The summed E-state index contributed by atoms with van der Waals surface area (Å²) in [4.78, 5) is 12.9. The van der Waals surface area contributed by atoms with E-state index < -0.39 is 0 Å². The molecule has 0 spiro atoms. The smallest absolute Gasteiger partial charge is 0.165 e. The van der Waals surface area contributed by atoms with E-state index in [-0.39, 0.29) is 0 Å². The highest BCUT2D eigenvalue weighted by Gasteiger charge is 2.54. The van der Waals surface area contributed by atoms with Gasteiger partial charge in [-0.2, -0.15) is 11.8 Å². The Morgan fingerprint density at radius 1 is 1.10 bits per heavy atom. The maximum atomic E-state index is 6.11. The number of halogens is 1. The largest absolute Gasteiger partial charge is 0.312 e. The predicted molar refractivity (Wildman–Crippen MR) is 79.9 cm³/mol. The van der Waals surface area contributed by atoms with Crippen molar-refractivity contribution >= 4 is 34.5 Å². The van der Waals surface area contributed by atoms with Gasteiger partial charge in [-0.05, 0) is 48.0 Å². The van der Waals surface area contributed by atoms with Gasteiger partial charge in [-0.1, -0.05) is 11.6 Å². The Kier molecular flexibility index (Phi) is 2.42. The lowest BCUT2D eigenvalue weighted by Gasteiger charge is -2.31. The first kappa shape index (κ1) is 11.8. The van der Waals surface area contributed by atoms with Crippen molar-refractivity contribution in [2.24, 2.45) is 23.7 Å². The third-order valence-corrected chi connectivity index (χ3v) is 7.13. The lowest BCUT2D eigenvalue weighted by Crippen LogP contribution is -2.28. The van der Waals surface area contributed by atoms with E-state index >= 15 is 0 Å². The monoisotopic (exact) mass is 306 g/mol. The maximum absolute atomic E-state index is 6.11. The molecule has 1 aliphatic heterocycles. The third kappa shape index (κ3) is 1.43. The fraction of sp³-hybridized carbons (Fsp3) is 0.643. The predicted octanol–water partition coefficient (Wildman–Crippen LogP) is 3.04. The number of thioether (sulfide) groups is 1. The van der Waals surface area contributed by atoms with Gasteiger partial charge < -0.3 is 4.57 Å². The zero-order valence-corrected chi connectivity index (χ0v) is 12.5.